The summed E-state index contributed by atoms with van der Waals surface area (Å²) in [5, 5.41) is 4.63. The molecular weight excluding hydrogens is 412 g/mol. The standard InChI is InChI=1S/C19H32N2Si.C4H8O.CH3.Cr/c1-14-15(2)17(4)19(16(14)3)22(5,6)21-13-12-20-18-10-8-7-9-11-18;1-2-4-5-3-1;;/h7-11,14-17,19H,12-13H2,1-6H3;1-4H2;1H3;/q-2;;-1;+3. The molecule has 0 spiro atoms. The fraction of sp³-hybridized carbons (Fsp3) is 0.708. The van der Waals surface area contributed by atoms with Crippen LogP contribution in [0, 0.1) is 31.1 Å². The molecule has 2 fully saturated rings. The number of hydrogen-bond acceptors (Lipinski definition) is 1. The molecule has 1 aromatic carbocycles. The van der Waals surface area contributed by atoms with Crippen LogP contribution in [0.5, 0.6) is 0 Å². The molecule has 0 bridgehead atoms. The Kier molecular flexibility index (Phi) is 13.7. The molecule has 1 aromatic rings. The largest absolute Gasteiger partial charge is 3.00 e. The van der Waals surface area contributed by atoms with Gasteiger partial charge in [-0.1, -0.05) is 84.9 Å². The van der Waals surface area contributed by atoms with Crippen LogP contribution < -0.4 is 0 Å². The van der Waals surface area contributed by atoms with Crippen molar-refractivity contribution in [2.24, 2.45) is 23.7 Å². The maximum absolute atomic E-state index is 5.17. The Balaban J connectivity index is 0.000000978. The van der Waals surface area contributed by atoms with Crippen LogP contribution in [0.1, 0.15) is 40.5 Å². The quantitative estimate of drug-likeness (QED) is 0.249. The summed E-state index contributed by atoms with van der Waals surface area (Å²) in [5.74, 6) is 3.27. The van der Waals surface area contributed by atoms with Gasteiger partial charge in [-0.2, -0.15) is 13.1 Å². The summed E-state index contributed by atoms with van der Waals surface area (Å²) in [5.41, 5.74) is 1.89. The van der Waals surface area contributed by atoms with E-state index in [1.807, 2.05) is 18.2 Å². The number of nitrogens with zero attached hydrogens (tertiary/aromatic N) is 2. The predicted octanol–water partition coefficient (Wildman–Crippen LogP) is 7.44. The fourth-order valence-corrected chi connectivity index (χ4v) is 9.11. The van der Waals surface area contributed by atoms with Gasteiger partial charge in [-0.25, -0.2) is 0 Å². The van der Waals surface area contributed by atoms with E-state index in [-0.39, 0.29) is 24.8 Å². The molecule has 0 aromatic heterocycles. The van der Waals surface area contributed by atoms with Crippen molar-refractivity contribution >= 4 is 13.9 Å². The summed E-state index contributed by atoms with van der Waals surface area (Å²) in [6.07, 6.45) is 2.56. The minimum absolute atomic E-state index is 0. The van der Waals surface area contributed by atoms with Crippen molar-refractivity contribution in [2.45, 2.75) is 59.2 Å². The molecule has 165 valence electrons. The van der Waals surface area contributed by atoms with Crippen LogP contribution in [0.2, 0.25) is 18.6 Å². The first-order valence-electron chi connectivity index (χ1n) is 10.8. The third-order valence-electron chi connectivity index (χ3n) is 6.93. The molecule has 3 nitrogen and oxygen atoms in total. The Labute approximate surface area is 193 Å². The van der Waals surface area contributed by atoms with Crippen molar-refractivity contribution in [3.05, 3.63) is 48.1 Å². The molecule has 1 radical (unpaired) electrons. The first-order chi connectivity index (χ1) is 12.8. The zero-order chi connectivity index (χ0) is 19.9. The van der Waals surface area contributed by atoms with E-state index in [0.29, 0.717) is 0 Å². The number of benzene rings is 1. The molecule has 5 heteroatoms. The number of hydrogen-bond donors (Lipinski definition) is 0. The van der Waals surface area contributed by atoms with E-state index in [0.717, 1.165) is 61.2 Å². The molecule has 0 amide bonds. The summed E-state index contributed by atoms with van der Waals surface area (Å²) < 4.78 is 4.94. The van der Waals surface area contributed by atoms with Crippen LogP contribution in [0.4, 0.5) is 5.69 Å². The van der Waals surface area contributed by atoms with Gasteiger partial charge in [0.25, 0.3) is 0 Å². The monoisotopic (exact) mass is 455 g/mol. The summed E-state index contributed by atoms with van der Waals surface area (Å²) in [7, 11) is -1.55. The summed E-state index contributed by atoms with van der Waals surface area (Å²) >= 11 is 0. The summed E-state index contributed by atoms with van der Waals surface area (Å²) in [4.78, 5) is 5.17. The average molecular weight is 456 g/mol. The Bertz CT molecular complexity index is 517. The van der Waals surface area contributed by atoms with E-state index in [1.165, 1.54) is 12.8 Å². The third kappa shape index (κ3) is 8.38. The summed E-state index contributed by atoms with van der Waals surface area (Å²) in [6.45, 7) is 18.4. The second-order valence-electron chi connectivity index (χ2n) is 9.03. The molecule has 4 unspecified atom stereocenters. The Hall–Kier alpha value is -0.311. The van der Waals surface area contributed by atoms with Gasteiger partial charge in [0.05, 0.1) is 0 Å². The molecule has 1 aliphatic carbocycles. The van der Waals surface area contributed by atoms with Crippen LogP contribution in [-0.4, -0.2) is 34.5 Å². The van der Waals surface area contributed by atoms with Gasteiger partial charge in [-0.15, -0.1) is 5.69 Å². The van der Waals surface area contributed by atoms with E-state index < -0.39 is 8.24 Å². The van der Waals surface area contributed by atoms with Crippen molar-refractivity contribution in [3.63, 3.8) is 0 Å². The van der Waals surface area contributed by atoms with Crippen LogP contribution in [0.3, 0.4) is 0 Å². The molecule has 1 saturated carbocycles. The van der Waals surface area contributed by atoms with Crippen LogP contribution in [0.15, 0.2) is 30.3 Å². The van der Waals surface area contributed by atoms with Gasteiger partial charge in [0, 0.05) is 13.2 Å². The molecule has 2 aliphatic rings. The van der Waals surface area contributed by atoms with E-state index in [1.54, 1.807) is 0 Å². The average Bonchev–Trinajstić information content (AvgIpc) is 3.29. The number of para-hydroxylation sites is 1. The topological polar surface area (TPSA) is 37.4 Å². The maximum Gasteiger partial charge on any atom is 3.00 e. The molecule has 1 aliphatic heterocycles. The molecule has 1 saturated heterocycles. The smallest absolute Gasteiger partial charge is 0.686 e. The van der Waals surface area contributed by atoms with Crippen LogP contribution in [-0.2, 0) is 22.1 Å². The van der Waals surface area contributed by atoms with E-state index in [2.05, 4.69) is 58.2 Å². The van der Waals surface area contributed by atoms with Crippen LogP contribution >= 0.6 is 0 Å². The summed E-state index contributed by atoms with van der Waals surface area (Å²) in [6, 6.07) is 10.2. The molecule has 4 atom stereocenters. The molecule has 1 heterocycles. The molecule has 3 rings (SSSR count). The molecule has 29 heavy (non-hydrogen) atoms. The van der Waals surface area contributed by atoms with Gasteiger partial charge in [-0.3, -0.25) is 0 Å². The zero-order valence-electron chi connectivity index (χ0n) is 19.7. The van der Waals surface area contributed by atoms with Crippen molar-refractivity contribution in [3.8, 4) is 0 Å². The maximum atomic E-state index is 5.17. The zero-order valence-corrected chi connectivity index (χ0v) is 22.0. The minimum atomic E-state index is -1.55. The Morgan fingerprint density at radius 1 is 0.862 bits per heavy atom. The second-order valence-corrected chi connectivity index (χ2v) is 13.3. The van der Waals surface area contributed by atoms with E-state index in [9.17, 15) is 0 Å². The van der Waals surface area contributed by atoms with Gasteiger partial charge < -0.3 is 22.5 Å². The van der Waals surface area contributed by atoms with Crippen molar-refractivity contribution in [1.29, 1.82) is 0 Å². The van der Waals surface area contributed by atoms with Crippen molar-refractivity contribution < 1.29 is 22.1 Å². The molecule has 0 N–H and O–H groups in total. The first-order valence-corrected chi connectivity index (χ1v) is 13.9. The third-order valence-corrected chi connectivity index (χ3v) is 10.7. The van der Waals surface area contributed by atoms with Gasteiger partial charge in [-0.05, 0) is 36.5 Å². The minimum Gasteiger partial charge on any atom is -0.686 e. The van der Waals surface area contributed by atoms with Gasteiger partial charge in [0.15, 0.2) is 0 Å². The van der Waals surface area contributed by atoms with E-state index >= 15 is 0 Å². The van der Waals surface area contributed by atoms with Crippen LogP contribution in [0.25, 0.3) is 10.3 Å². The Morgan fingerprint density at radius 3 is 1.83 bits per heavy atom. The van der Waals surface area contributed by atoms with Crippen molar-refractivity contribution in [1.82, 2.24) is 0 Å². The van der Waals surface area contributed by atoms with Crippen molar-refractivity contribution in [2.75, 3.05) is 26.3 Å². The van der Waals surface area contributed by atoms with Gasteiger partial charge in [0.2, 0.25) is 0 Å². The van der Waals surface area contributed by atoms with Gasteiger partial charge >= 0.3 is 17.4 Å². The molecular formula is C24H43CrN2OSi. The van der Waals surface area contributed by atoms with Gasteiger partial charge in [0.1, 0.15) is 0 Å². The van der Waals surface area contributed by atoms with E-state index in [4.69, 9.17) is 9.72 Å². The second kappa shape index (κ2) is 13.9. The first kappa shape index (κ1) is 28.7. The number of ether oxygens (including phenoxy) is 1. The Morgan fingerprint density at radius 2 is 1.38 bits per heavy atom. The predicted molar refractivity (Wildman–Crippen MR) is 127 cm³/mol. The number of rotatable bonds is 6. The fourth-order valence-electron chi connectivity index (χ4n) is 5.04. The normalized spacial score (nSPS) is 28.6. The SMILES string of the molecule is C1CCOC1.CC1C(C)C(C)C([Si](C)(C)[N-]CC[N-]c2ccccc2)C1C.[CH3-].[Cr+3].